The lowest BCUT2D eigenvalue weighted by Gasteiger charge is -2.07. The third kappa shape index (κ3) is 3.41. The van der Waals surface area contributed by atoms with Gasteiger partial charge in [0.05, 0.1) is 5.69 Å². The average molecular weight is 286 g/mol. The molecule has 3 aromatic rings. The van der Waals surface area contributed by atoms with Crippen LogP contribution in [0.3, 0.4) is 0 Å². The highest BCUT2D eigenvalue weighted by Crippen LogP contribution is 2.22. The minimum Gasteiger partial charge on any atom is -0.383 e. The lowest BCUT2D eigenvalue weighted by Crippen LogP contribution is -2.12. The predicted octanol–water partition coefficient (Wildman–Crippen LogP) is 4.31. The monoisotopic (exact) mass is 286 g/mol. The van der Waals surface area contributed by atoms with Gasteiger partial charge in [0.1, 0.15) is 5.84 Å². The van der Waals surface area contributed by atoms with Crippen molar-refractivity contribution in [1.29, 1.82) is 0 Å². The molecular weight excluding hydrogens is 268 g/mol. The van der Waals surface area contributed by atoms with Crippen LogP contribution < -0.4 is 5.73 Å². The molecule has 3 rings (SSSR count). The standard InChI is InChI=1S/C20H18N2/c21-20(17-11-5-2-6-12-17)22-19-14-8-7-13-18(19)15-16-9-3-1-4-10-16/h1-14H,15H2,(H2,21,22). The van der Waals surface area contributed by atoms with Gasteiger partial charge in [-0.15, -0.1) is 0 Å². The van der Waals surface area contributed by atoms with Crippen molar-refractivity contribution in [1.82, 2.24) is 0 Å². The van der Waals surface area contributed by atoms with Gasteiger partial charge in [-0.2, -0.15) is 0 Å². The highest BCUT2D eigenvalue weighted by Gasteiger charge is 2.04. The number of rotatable bonds is 4. The maximum absolute atomic E-state index is 6.14. The molecule has 0 bridgehead atoms. The van der Waals surface area contributed by atoms with Crippen LogP contribution in [0.25, 0.3) is 0 Å². The Bertz CT molecular complexity index is 762. The molecule has 0 spiro atoms. The van der Waals surface area contributed by atoms with Crippen molar-refractivity contribution in [2.45, 2.75) is 6.42 Å². The van der Waals surface area contributed by atoms with Crippen molar-refractivity contribution in [3.05, 3.63) is 102 Å². The molecule has 2 heteroatoms. The van der Waals surface area contributed by atoms with Gasteiger partial charge in [0, 0.05) is 5.56 Å². The van der Waals surface area contributed by atoms with E-state index >= 15 is 0 Å². The number of hydrogen-bond donors (Lipinski definition) is 1. The highest BCUT2D eigenvalue weighted by molar-refractivity contribution is 5.99. The average Bonchev–Trinajstić information content (AvgIpc) is 2.58. The van der Waals surface area contributed by atoms with Crippen LogP contribution >= 0.6 is 0 Å². The Kier molecular flexibility index (Phi) is 4.30. The van der Waals surface area contributed by atoms with E-state index in [1.54, 1.807) is 0 Å². The third-order valence-electron chi connectivity index (χ3n) is 3.54. The molecule has 0 aliphatic carbocycles. The Morgan fingerprint density at radius 1 is 0.727 bits per heavy atom. The summed E-state index contributed by atoms with van der Waals surface area (Å²) < 4.78 is 0. The number of amidine groups is 1. The molecule has 0 fully saturated rings. The Balaban J connectivity index is 1.92. The zero-order valence-electron chi connectivity index (χ0n) is 12.3. The maximum Gasteiger partial charge on any atom is 0.131 e. The minimum atomic E-state index is 0.543. The molecule has 0 aliphatic rings. The van der Waals surface area contributed by atoms with Crippen molar-refractivity contribution in [3.8, 4) is 0 Å². The summed E-state index contributed by atoms with van der Waals surface area (Å²) in [5.74, 6) is 0.543. The first kappa shape index (κ1) is 14.1. The van der Waals surface area contributed by atoms with Crippen LogP contribution in [0.5, 0.6) is 0 Å². The van der Waals surface area contributed by atoms with Crippen molar-refractivity contribution in [2.75, 3.05) is 0 Å². The second kappa shape index (κ2) is 6.72. The quantitative estimate of drug-likeness (QED) is 0.563. The summed E-state index contributed by atoms with van der Waals surface area (Å²) in [7, 11) is 0. The van der Waals surface area contributed by atoms with Crippen molar-refractivity contribution >= 4 is 11.5 Å². The smallest absolute Gasteiger partial charge is 0.131 e. The molecule has 22 heavy (non-hydrogen) atoms. The van der Waals surface area contributed by atoms with E-state index in [1.165, 1.54) is 11.1 Å². The van der Waals surface area contributed by atoms with E-state index < -0.39 is 0 Å². The van der Waals surface area contributed by atoms with Crippen LogP contribution in [-0.4, -0.2) is 5.84 Å². The number of hydrogen-bond acceptors (Lipinski definition) is 1. The Morgan fingerprint density at radius 3 is 2.05 bits per heavy atom. The fraction of sp³-hybridized carbons (Fsp3) is 0.0500. The fourth-order valence-corrected chi connectivity index (χ4v) is 2.39. The molecule has 0 heterocycles. The largest absolute Gasteiger partial charge is 0.383 e. The van der Waals surface area contributed by atoms with Gasteiger partial charge in [-0.25, -0.2) is 4.99 Å². The van der Waals surface area contributed by atoms with E-state index in [-0.39, 0.29) is 0 Å². The van der Waals surface area contributed by atoms with Gasteiger partial charge in [-0.05, 0) is 23.6 Å². The van der Waals surface area contributed by atoms with Crippen LogP contribution in [-0.2, 0) is 6.42 Å². The molecule has 3 aromatic carbocycles. The number of aliphatic imine (C=N–C) groups is 1. The highest BCUT2D eigenvalue weighted by atomic mass is 14.9. The van der Waals surface area contributed by atoms with Crippen LogP contribution in [0, 0.1) is 0 Å². The molecule has 2 N–H and O–H groups in total. The molecule has 0 atom stereocenters. The van der Waals surface area contributed by atoms with Gasteiger partial charge in [0.2, 0.25) is 0 Å². The normalized spacial score (nSPS) is 11.4. The van der Waals surface area contributed by atoms with Gasteiger partial charge in [-0.1, -0.05) is 78.9 Å². The molecule has 108 valence electrons. The summed E-state index contributed by atoms with van der Waals surface area (Å²) >= 11 is 0. The minimum absolute atomic E-state index is 0.543. The van der Waals surface area contributed by atoms with Crippen LogP contribution in [0.1, 0.15) is 16.7 Å². The fourth-order valence-electron chi connectivity index (χ4n) is 2.39. The molecule has 2 nitrogen and oxygen atoms in total. The van der Waals surface area contributed by atoms with Crippen molar-refractivity contribution in [3.63, 3.8) is 0 Å². The van der Waals surface area contributed by atoms with Gasteiger partial charge in [0.25, 0.3) is 0 Å². The number of para-hydroxylation sites is 1. The summed E-state index contributed by atoms with van der Waals surface area (Å²) in [4.78, 5) is 4.62. The summed E-state index contributed by atoms with van der Waals surface area (Å²) in [6, 6.07) is 28.4. The summed E-state index contributed by atoms with van der Waals surface area (Å²) in [6.07, 6.45) is 0.850. The molecule has 0 saturated heterocycles. The van der Waals surface area contributed by atoms with E-state index in [0.717, 1.165) is 17.7 Å². The third-order valence-corrected chi connectivity index (χ3v) is 3.54. The second-order valence-electron chi connectivity index (χ2n) is 5.15. The van der Waals surface area contributed by atoms with E-state index in [4.69, 9.17) is 5.73 Å². The lowest BCUT2D eigenvalue weighted by molar-refractivity contribution is 1.18. The molecule has 0 saturated carbocycles. The molecule has 0 radical (unpaired) electrons. The Labute approximate surface area is 131 Å². The van der Waals surface area contributed by atoms with Gasteiger partial charge in [-0.3, -0.25) is 0 Å². The van der Waals surface area contributed by atoms with Crippen LogP contribution in [0.4, 0.5) is 5.69 Å². The van der Waals surface area contributed by atoms with Gasteiger partial charge < -0.3 is 5.73 Å². The zero-order chi connectivity index (χ0) is 15.2. The van der Waals surface area contributed by atoms with E-state index in [9.17, 15) is 0 Å². The molecule has 0 aromatic heterocycles. The number of nitrogens with zero attached hydrogens (tertiary/aromatic N) is 1. The molecule has 0 unspecified atom stereocenters. The summed E-state index contributed by atoms with van der Waals surface area (Å²) in [6.45, 7) is 0. The first-order valence-corrected chi connectivity index (χ1v) is 7.34. The lowest BCUT2D eigenvalue weighted by atomic mass is 10.0. The zero-order valence-corrected chi connectivity index (χ0v) is 12.3. The SMILES string of the molecule is NC(=Nc1ccccc1Cc1ccccc1)c1ccccc1. The second-order valence-corrected chi connectivity index (χ2v) is 5.15. The van der Waals surface area contributed by atoms with Crippen molar-refractivity contribution in [2.24, 2.45) is 10.7 Å². The van der Waals surface area contributed by atoms with E-state index in [2.05, 4.69) is 35.3 Å². The Morgan fingerprint density at radius 2 is 1.32 bits per heavy atom. The summed E-state index contributed by atoms with van der Waals surface area (Å²) in [5, 5.41) is 0. The topological polar surface area (TPSA) is 38.4 Å². The first-order valence-electron chi connectivity index (χ1n) is 7.34. The van der Waals surface area contributed by atoms with Gasteiger partial charge in [0.15, 0.2) is 0 Å². The van der Waals surface area contributed by atoms with Crippen molar-refractivity contribution < 1.29 is 0 Å². The molecule has 0 amide bonds. The molecular formula is C20H18N2. The molecule has 0 aliphatic heterocycles. The number of nitrogens with two attached hydrogens (primary N) is 1. The predicted molar refractivity (Wildman–Crippen MR) is 92.5 cm³/mol. The maximum atomic E-state index is 6.14. The van der Waals surface area contributed by atoms with E-state index in [1.807, 2.05) is 54.6 Å². The van der Waals surface area contributed by atoms with Gasteiger partial charge >= 0.3 is 0 Å². The Hall–Kier alpha value is -2.87. The van der Waals surface area contributed by atoms with E-state index in [0.29, 0.717) is 5.84 Å². The number of benzene rings is 3. The first-order chi connectivity index (χ1) is 10.8. The van der Waals surface area contributed by atoms with Crippen LogP contribution in [0.2, 0.25) is 0 Å². The van der Waals surface area contributed by atoms with Crippen LogP contribution in [0.15, 0.2) is 89.9 Å². The summed E-state index contributed by atoms with van der Waals surface area (Å²) in [5.41, 5.74) is 10.4.